The van der Waals surface area contributed by atoms with Gasteiger partial charge in [-0.05, 0) is 55.5 Å². The normalized spacial score (nSPS) is 11.0. The molecule has 198 valence electrons. The summed E-state index contributed by atoms with van der Waals surface area (Å²) >= 11 is 5.92. The summed E-state index contributed by atoms with van der Waals surface area (Å²) in [6.45, 7) is 1.60. The van der Waals surface area contributed by atoms with Crippen molar-refractivity contribution in [2.75, 3.05) is 17.2 Å². The van der Waals surface area contributed by atoms with Crippen LogP contribution in [0.2, 0.25) is 5.02 Å². The minimum absolute atomic E-state index is 0.0344. The van der Waals surface area contributed by atoms with Crippen molar-refractivity contribution in [2.24, 2.45) is 0 Å². The number of aromatic carboxylic acids is 1. The first-order valence-electron chi connectivity index (χ1n) is 10.7. The SMILES string of the molecule is CCOC(=O)Nc1ccc(C(=N)c2ccc(C(=O)O)cc2F)c(NC(=O)c2c(Cl)cccc2C(F)(F)F)c1. The van der Waals surface area contributed by atoms with Crippen LogP contribution in [0.3, 0.4) is 0 Å². The van der Waals surface area contributed by atoms with E-state index in [1.807, 2.05) is 0 Å². The first-order chi connectivity index (χ1) is 17.8. The Kier molecular flexibility index (Phi) is 8.36. The average Bonchev–Trinajstić information content (AvgIpc) is 2.83. The van der Waals surface area contributed by atoms with E-state index in [-0.39, 0.29) is 34.7 Å². The molecule has 0 radical (unpaired) electrons. The summed E-state index contributed by atoms with van der Waals surface area (Å²) < 4.78 is 60.1. The molecule has 0 unspecified atom stereocenters. The third-order valence-electron chi connectivity index (χ3n) is 5.09. The Bertz CT molecular complexity index is 1440. The molecule has 0 atom stereocenters. The Morgan fingerprint density at radius 1 is 1.03 bits per heavy atom. The van der Waals surface area contributed by atoms with E-state index in [4.69, 9.17) is 26.9 Å². The molecule has 0 fully saturated rings. The fourth-order valence-corrected chi connectivity index (χ4v) is 3.66. The Labute approximate surface area is 217 Å². The fraction of sp³-hybridized carbons (Fsp3) is 0.120. The molecule has 0 aliphatic heterocycles. The summed E-state index contributed by atoms with van der Waals surface area (Å²) in [4.78, 5) is 36.0. The third-order valence-corrected chi connectivity index (χ3v) is 5.41. The summed E-state index contributed by atoms with van der Waals surface area (Å²) in [5, 5.41) is 21.6. The van der Waals surface area contributed by atoms with Crippen LogP contribution in [0.5, 0.6) is 0 Å². The largest absolute Gasteiger partial charge is 0.478 e. The van der Waals surface area contributed by atoms with Crippen molar-refractivity contribution < 1.29 is 41.8 Å². The highest BCUT2D eigenvalue weighted by molar-refractivity contribution is 6.35. The number of amides is 2. The van der Waals surface area contributed by atoms with Crippen molar-refractivity contribution in [1.29, 1.82) is 5.41 Å². The van der Waals surface area contributed by atoms with Gasteiger partial charge in [0.05, 0.1) is 39.7 Å². The van der Waals surface area contributed by atoms with Gasteiger partial charge >= 0.3 is 18.2 Å². The number of carboxylic acid groups (broad SMARTS) is 1. The van der Waals surface area contributed by atoms with Gasteiger partial charge < -0.3 is 15.2 Å². The zero-order valence-corrected chi connectivity index (χ0v) is 20.1. The molecule has 0 saturated heterocycles. The molecule has 0 aromatic heterocycles. The number of anilines is 2. The Hall–Kier alpha value is -4.45. The molecular weight excluding hydrogens is 534 g/mol. The second-order valence-electron chi connectivity index (χ2n) is 7.59. The molecule has 0 bridgehead atoms. The van der Waals surface area contributed by atoms with Crippen molar-refractivity contribution in [1.82, 2.24) is 0 Å². The zero-order valence-electron chi connectivity index (χ0n) is 19.4. The van der Waals surface area contributed by atoms with Gasteiger partial charge in [-0.2, -0.15) is 13.2 Å². The van der Waals surface area contributed by atoms with Crippen molar-refractivity contribution in [3.8, 4) is 0 Å². The van der Waals surface area contributed by atoms with Crippen LogP contribution < -0.4 is 10.6 Å². The highest BCUT2D eigenvalue weighted by Gasteiger charge is 2.36. The van der Waals surface area contributed by atoms with E-state index in [0.717, 1.165) is 30.3 Å². The third kappa shape index (κ3) is 6.27. The molecule has 0 aliphatic rings. The number of halogens is 5. The first kappa shape index (κ1) is 28.1. The van der Waals surface area contributed by atoms with Crippen molar-refractivity contribution >= 4 is 46.7 Å². The number of nitrogens with one attached hydrogen (secondary N) is 3. The van der Waals surface area contributed by atoms with Crippen molar-refractivity contribution in [2.45, 2.75) is 13.1 Å². The standard InChI is InChI=1S/C25H18ClF4N3O5/c1-2-38-24(37)32-13-7-9-15(21(31)14-8-6-12(23(35)36)10-18(14)27)19(11-13)33-22(34)20-16(25(28,29)30)4-3-5-17(20)26/h3-11,31H,2H2,1H3,(H,32,37)(H,33,34)(H,35,36). The minimum Gasteiger partial charge on any atom is -0.478 e. The molecule has 0 spiro atoms. The highest BCUT2D eigenvalue weighted by atomic mass is 35.5. The molecule has 38 heavy (non-hydrogen) atoms. The van der Waals surface area contributed by atoms with Crippen molar-refractivity contribution in [3.05, 3.63) is 93.3 Å². The number of carbonyl (C=O) groups is 3. The van der Waals surface area contributed by atoms with Gasteiger partial charge in [-0.25, -0.2) is 14.0 Å². The number of carbonyl (C=O) groups excluding carboxylic acids is 2. The van der Waals surface area contributed by atoms with Crippen LogP contribution in [-0.2, 0) is 10.9 Å². The maximum atomic E-state index is 14.7. The number of carboxylic acids is 1. The molecule has 0 aliphatic carbocycles. The predicted molar refractivity (Wildman–Crippen MR) is 131 cm³/mol. The number of hydrogen-bond acceptors (Lipinski definition) is 5. The quantitative estimate of drug-likeness (QED) is 0.199. The number of hydrogen-bond donors (Lipinski definition) is 4. The molecule has 8 nitrogen and oxygen atoms in total. The number of rotatable bonds is 7. The molecule has 0 saturated carbocycles. The molecule has 3 aromatic carbocycles. The Balaban J connectivity index is 2.10. The average molecular weight is 552 g/mol. The van der Waals surface area contributed by atoms with Crippen LogP contribution in [-0.4, -0.2) is 35.4 Å². The highest BCUT2D eigenvalue weighted by Crippen LogP contribution is 2.36. The maximum absolute atomic E-state index is 14.7. The molecule has 3 rings (SSSR count). The number of alkyl halides is 3. The zero-order chi connectivity index (χ0) is 28.2. The lowest BCUT2D eigenvalue weighted by atomic mass is 9.98. The lowest BCUT2D eigenvalue weighted by Gasteiger charge is -2.17. The monoisotopic (exact) mass is 551 g/mol. The van der Waals surface area contributed by atoms with E-state index >= 15 is 0 Å². The molecule has 2 amide bonds. The van der Waals surface area contributed by atoms with Gasteiger partial charge in [-0.15, -0.1) is 0 Å². The first-order valence-corrected chi connectivity index (χ1v) is 11.1. The van der Waals surface area contributed by atoms with Gasteiger partial charge in [-0.1, -0.05) is 17.7 Å². The smallest absolute Gasteiger partial charge is 0.417 e. The van der Waals surface area contributed by atoms with E-state index in [1.54, 1.807) is 6.92 Å². The lowest BCUT2D eigenvalue weighted by molar-refractivity contribution is -0.137. The Morgan fingerprint density at radius 3 is 2.32 bits per heavy atom. The second kappa shape index (κ2) is 11.3. The number of ether oxygens (including phenoxy) is 1. The van der Waals surface area contributed by atoms with E-state index in [2.05, 4.69) is 10.6 Å². The van der Waals surface area contributed by atoms with Crippen LogP contribution >= 0.6 is 11.6 Å². The fourth-order valence-electron chi connectivity index (χ4n) is 3.40. The van der Waals surface area contributed by atoms with Gasteiger partial charge in [0, 0.05) is 16.8 Å². The van der Waals surface area contributed by atoms with Gasteiger partial charge in [-0.3, -0.25) is 15.5 Å². The van der Waals surface area contributed by atoms with Crippen LogP contribution in [0.25, 0.3) is 0 Å². The van der Waals surface area contributed by atoms with E-state index in [9.17, 15) is 31.9 Å². The molecular formula is C25H18ClF4N3O5. The topological polar surface area (TPSA) is 129 Å². The van der Waals surface area contributed by atoms with E-state index < -0.39 is 51.8 Å². The number of benzene rings is 3. The molecule has 13 heteroatoms. The summed E-state index contributed by atoms with van der Waals surface area (Å²) in [5.41, 5.74) is -3.86. The van der Waals surface area contributed by atoms with Crippen LogP contribution in [0, 0.1) is 11.2 Å². The maximum Gasteiger partial charge on any atom is 0.417 e. The Morgan fingerprint density at radius 2 is 1.71 bits per heavy atom. The van der Waals surface area contributed by atoms with Gasteiger partial charge in [0.1, 0.15) is 5.82 Å². The minimum atomic E-state index is -4.92. The van der Waals surface area contributed by atoms with Crippen molar-refractivity contribution in [3.63, 3.8) is 0 Å². The van der Waals surface area contributed by atoms with Crippen LogP contribution in [0.4, 0.5) is 33.7 Å². The van der Waals surface area contributed by atoms with E-state index in [0.29, 0.717) is 12.1 Å². The summed E-state index contributed by atoms with van der Waals surface area (Å²) in [7, 11) is 0. The van der Waals surface area contributed by atoms with E-state index in [1.165, 1.54) is 12.1 Å². The lowest BCUT2D eigenvalue weighted by Crippen LogP contribution is -2.21. The summed E-state index contributed by atoms with van der Waals surface area (Å²) in [5.74, 6) is -3.75. The summed E-state index contributed by atoms with van der Waals surface area (Å²) in [6.07, 6.45) is -5.79. The second-order valence-corrected chi connectivity index (χ2v) is 8.00. The van der Waals surface area contributed by atoms with Gasteiger partial charge in [0.2, 0.25) is 0 Å². The molecule has 0 heterocycles. The predicted octanol–water partition coefficient (Wildman–Crippen LogP) is 6.43. The molecule has 4 N–H and O–H groups in total. The van der Waals surface area contributed by atoms with Crippen LogP contribution in [0.1, 0.15) is 44.3 Å². The van der Waals surface area contributed by atoms with Crippen LogP contribution in [0.15, 0.2) is 54.6 Å². The summed E-state index contributed by atoms with van der Waals surface area (Å²) in [6, 6.07) is 9.20. The van der Waals surface area contributed by atoms with Gasteiger partial charge in [0.15, 0.2) is 0 Å². The molecule has 3 aromatic rings. The van der Waals surface area contributed by atoms with Gasteiger partial charge in [0.25, 0.3) is 5.91 Å².